The van der Waals surface area contributed by atoms with Crippen LogP contribution in [-0.2, 0) is 0 Å². The molecule has 1 atom stereocenters. The van der Waals surface area contributed by atoms with Crippen LogP contribution in [0.2, 0.25) is 0 Å². The number of carbonyl (C=O) groups is 1. The monoisotopic (exact) mass is 444 g/mol. The lowest BCUT2D eigenvalue weighted by molar-refractivity contribution is 0.102. The topological polar surface area (TPSA) is 78.1 Å². The third kappa shape index (κ3) is 3.28. The molecular weight excluding hydrogens is 427 g/mol. The Kier molecular flexibility index (Phi) is 4.89. The molecule has 1 aliphatic heterocycles. The van der Waals surface area contributed by atoms with Gasteiger partial charge in [0.25, 0.3) is 11.5 Å². The molecule has 2 N–H and O–H groups in total. The lowest BCUT2D eigenvalue weighted by Crippen LogP contribution is -2.28. The quantitative estimate of drug-likeness (QED) is 0.643. The Morgan fingerprint density at radius 2 is 2.21 bits per heavy atom. The largest absolute Gasteiger partial charge is 0.364 e. The maximum Gasteiger partial charge on any atom is 0.272 e. The summed E-state index contributed by atoms with van der Waals surface area (Å²) in [5.41, 5.74) is 2.65. The highest BCUT2D eigenvalue weighted by molar-refractivity contribution is 9.10. The fourth-order valence-electron chi connectivity index (χ4n) is 3.61. The van der Waals surface area contributed by atoms with E-state index >= 15 is 0 Å². The molecule has 1 aliphatic rings. The van der Waals surface area contributed by atoms with E-state index in [9.17, 15) is 14.0 Å². The van der Waals surface area contributed by atoms with Gasteiger partial charge in [-0.15, -0.1) is 0 Å². The summed E-state index contributed by atoms with van der Waals surface area (Å²) >= 11 is 3.57. The van der Waals surface area contributed by atoms with Gasteiger partial charge in [0, 0.05) is 36.4 Å². The van der Waals surface area contributed by atoms with Gasteiger partial charge in [-0.1, -0.05) is 0 Å². The minimum atomic E-state index is -0.928. The van der Waals surface area contributed by atoms with E-state index < -0.39 is 6.17 Å². The Morgan fingerprint density at radius 1 is 1.39 bits per heavy atom. The molecule has 6 nitrogen and oxygen atoms in total. The summed E-state index contributed by atoms with van der Waals surface area (Å²) < 4.78 is 14.3. The molecule has 0 aliphatic carbocycles. The molecule has 8 heteroatoms. The Labute approximate surface area is 168 Å². The Bertz CT molecular complexity index is 1120. The first-order valence-corrected chi connectivity index (χ1v) is 9.70. The first kappa shape index (κ1) is 18.6. The summed E-state index contributed by atoms with van der Waals surface area (Å²) in [5.74, 6) is -0.282. The maximum atomic E-state index is 13.7. The molecule has 4 rings (SSSR count). The lowest BCUT2D eigenvalue weighted by atomic mass is 10.1. The molecule has 28 heavy (non-hydrogen) atoms. The van der Waals surface area contributed by atoms with Gasteiger partial charge in [-0.25, -0.2) is 4.39 Å². The van der Waals surface area contributed by atoms with Gasteiger partial charge in [-0.05, 0) is 59.1 Å². The van der Waals surface area contributed by atoms with Crippen LogP contribution in [0.25, 0.3) is 10.9 Å². The van der Waals surface area contributed by atoms with Gasteiger partial charge in [-0.2, -0.15) is 0 Å². The van der Waals surface area contributed by atoms with Crippen molar-refractivity contribution >= 4 is 44.1 Å². The minimum absolute atomic E-state index is 0.213. The Balaban J connectivity index is 1.77. The standard InChI is InChI=1S/C20H18BrFN4O2/c1-11-16-14(24-20(28)18(11)26-8-6-13(22)10-26)4-5-15(17(16)21)25-19(27)12-3-2-7-23-9-12/h2-5,7,9,13H,6,8,10H2,1H3,(H,24,28)(H,25,27). The van der Waals surface area contributed by atoms with E-state index in [1.54, 1.807) is 35.4 Å². The number of halogens is 2. The smallest absolute Gasteiger partial charge is 0.272 e. The molecule has 1 aromatic carbocycles. The number of amides is 1. The van der Waals surface area contributed by atoms with Gasteiger partial charge in [0.15, 0.2) is 0 Å². The number of aromatic nitrogens is 2. The molecule has 0 spiro atoms. The van der Waals surface area contributed by atoms with Crippen molar-refractivity contribution in [2.75, 3.05) is 23.3 Å². The zero-order valence-corrected chi connectivity index (χ0v) is 16.7. The molecule has 0 bridgehead atoms. The van der Waals surface area contributed by atoms with Crippen LogP contribution in [0.15, 0.2) is 45.9 Å². The maximum absolute atomic E-state index is 13.7. The second-order valence-electron chi connectivity index (χ2n) is 6.81. The van der Waals surface area contributed by atoms with E-state index in [2.05, 4.69) is 31.2 Å². The summed E-state index contributed by atoms with van der Waals surface area (Å²) in [7, 11) is 0. The predicted octanol–water partition coefficient (Wildman–Crippen LogP) is 3.79. The van der Waals surface area contributed by atoms with Crippen LogP contribution < -0.4 is 15.8 Å². The molecule has 3 aromatic rings. The van der Waals surface area contributed by atoms with Gasteiger partial charge in [0.2, 0.25) is 0 Å². The third-order valence-corrected chi connectivity index (χ3v) is 5.78. The number of anilines is 2. The number of carbonyl (C=O) groups excluding carboxylic acids is 1. The van der Waals surface area contributed by atoms with E-state index in [1.807, 2.05) is 6.92 Å². The molecular formula is C20H18BrFN4O2. The third-order valence-electron chi connectivity index (χ3n) is 4.95. The number of nitrogens with one attached hydrogen (secondary N) is 2. The Hall–Kier alpha value is -2.74. The van der Waals surface area contributed by atoms with E-state index in [1.165, 1.54) is 6.20 Å². The van der Waals surface area contributed by atoms with Crippen molar-refractivity contribution in [3.05, 3.63) is 62.6 Å². The number of rotatable bonds is 3. The van der Waals surface area contributed by atoms with Crippen LogP contribution in [0.4, 0.5) is 15.8 Å². The lowest BCUT2D eigenvalue weighted by Gasteiger charge is -2.21. The summed E-state index contributed by atoms with van der Waals surface area (Å²) in [6.45, 7) is 2.56. The second kappa shape index (κ2) is 7.35. The van der Waals surface area contributed by atoms with Crippen molar-refractivity contribution in [3.8, 4) is 0 Å². The molecule has 2 aromatic heterocycles. The van der Waals surface area contributed by atoms with Crippen LogP contribution >= 0.6 is 15.9 Å². The summed E-state index contributed by atoms with van der Waals surface area (Å²) in [6.07, 6.45) is 2.58. The predicted molar refractivity (Wildman–Crippen MR) is 111 cm³/mol. The number of alkyl halides is 1. The van der Waals surface area contributed by atoms with Crippen molar-refractivity contribution in [3.63, 3.8) is 0 Å². The van der Waals surface area contributed by atoms with E-state index in [0.29, 0.717) is 39.9 Å². The van der Waals surface area contributed by atoms with Gasteiger partial charge in [0.05, 0.1) is 15.7 Å². The number of nitrogens with zero attached hydrogens (tertiary/aromatic N) is 2. The number of fused-ring (bicyclic) bond motifs is 1. The van der Waals surface area contributed by atoms with Crippen LogP contribution in [0.5, 0.6) is 0 Å². The molecule has 144 valence electrons. The van der Waals surface area contributed by atoms with Gasteiger partial charge in [-0.3, -0.25) is 14.6 Å². The number of H-pyrrole nitrogens is 1. The molecule has 1 amide bonds. The average molecular weight is 445 g/mol. The highest BCUT2D eigenvalue weighted by Gasteiger charge is 2.26. The SMILES string of the molecule is Cc1c(N2CCC(F)C2)c(=O)[nH]c2ccc(NC(=O)c3cccnc3)c(Br)c12. The van der Waals surface area contributed by atoms with E-state index in [-0.39, 0.29) is 18.0 Å². The van der Waals surface area contributed by atoms with E-state index in [4.69, 9.17) is 0 Å². The molecule has 1 saturated heterocycles. The average Bonchev–Trinajstić information content (AvgIpc) is 3.10. The zero-order valence-electron chi connectivity index (χ0n) is 15.1. The number of aromatic amines is 1. The zero-order chi connectivity index (χ0) is 19.8. The van der Waals surface area contributed by atoms with Crippen LogP contribution in [0.1, 0.15) is 22.3 Å². The van der Waals surface area contributed by atoms with Crippen LogP contribution in [0.3, 0.4) is 0 Å². The number of hydrogen-bond acceptors (Lipinski definition) is 4. The fourth-order valence-corrected chi connectivity index (χ4v) is 4.35. The number of pyridine rings is 2. The van der Waals surface area contributed by atoms with Crippen LogP contribution in [0, 0.1) is 6.92 Å². The summed E-state index contributed by atoms with van der Waals surface area (Å²) in [5, 5.41) is 3.64. The van der Waals surface area contributed by atoms with Gasteiger partial charge < -0.3 is 15.2 Å². The molecule has 0 saturated carbocycles. The summed E-state index contributed by atoms with van der Waals surface area (Å²) in [4.78, 5) is 33.7. The summed E-state index contributed by atoms with van der Waals surface area (Å²) in [6, 6.07) is 6.85. The number of hydrogen-bond donors (Lipinski definition) is 2. The first-order valence-electron chi connectivity index (χ1n) is 8.91. The van der Waals surface area contributed by atoms with Crippen molar-refractivity contribution < 1.29 is 9.18 Å². The fraction of sp³-hybridized carbons (Fsp3) is 0.250. The molecule has 3 heterocycles. The Morgan fingerprint density at radius 3 is 2.89 bits per heavy atom. The van der Waals surface area contributed by atoms with Crippen molar-refractivity contribution in [1.82, 2.24) is 9.97 Å². The number of benzene rings is 1. The van der Waals surface area contributed by atoms with Gasteiger partial charge >= 0.3 is 0 Å². The normalized spacial score (nSPS) is 16.5. The highest BCUT2D eigenvalue weighted by atomic mass is 79.9. The van der Waals surface area contributed by atoms with Crippen molar-refractivity contribution in [2.45, 2.75) is 19.5 Å². The van der Waals surface area contributed by atoms with Gasteiger partial charge in [0.1, 0.15) is 11.9 Å². The molecule has 1 fully saturated rings. The molecule has 0 radical (unpaired) electrons. The van der Waals surface area contributed by atoms with Crippen molar-refractivity contribution in [1.29, 1.82) is 0 Å². The van der Waals surface area contributed by atoms with E-state index in [0.717, 1.165) is 10.9 Å². The first-order chi connectivity index (χ1) is 13.5. The van der Waals surface area contributed by atoms with Crippen molar-refractivity contribution in [2.24, 2.45) is 0 Å². The number of aryl methyl sites for hydroxylation is 1. The molecule has 1 unspecified atom stereocenters. The highest BCUT2D eigenvalue weighted by Crippen LogP contribution is 2.36. The minimum Gasteiger partial charge on any atom is -0.364 e. The second-order valence-corrected chi connectivity index (χ2v) is 7.60. The van der Waals surface area contributed by atoms with Crippen LogP contribution in [-0.4, -0.2) is 35.1 Å².